The second-order valence-corrected chi connectivity index (χ2v) is 7.00. The molecule has 2 aromatic heterocycles. The van der Waals surface area contributed by atoms with Crippen molar-refractivity contribution in [3.63, 3.8) is 0 Å². The number of rotatable bonds is 5. The molecule has 0 aliphatic rings. The zero-order valence-electron chi connectivity index (χ0n) is 17.8. The average Bonchev–Trinajstić information content (AvgIpc) is 2.81. The van der Waals surface area contributed by atoms with E-state index < -0.39 is 29.0 Å². The fourth-order valence-electron chi connectivity index (χ4n) is 3.14. The number of phenolic OH excluding ortho intramolecular Hbond substituents is 2. The number of amides is 1. The Balaban J connectivity index is 1.77. The number of fused-ring (bicyclic) bond motifs is 1. The highest BCUT2D eigenvalue weighted by Gasteiger charge is 2.17. The number of anilines is 1. The number of nitrogens with one attached hydrogen (secondary N) is 1. The van der Waals surface area contributed by atoms with Gasteiger partial charge in [-0.1, -0.05) is 0 Å². The van der Waals surface area contributed by atoms with Crippen molar-refractivity contribution in [2.45, 2.75) is 6.92 Å². The van der Waals surface area contributed by atoms with Crippen molar-refractivity contribution < 1.29 is 33.7 Å². The van der Waals surface area contributed by atoms with Crippen LogP contribution in [0.15, 0.2) is 70.1 Å². The van der Waals surface area contributed by atoms with Crippen LogP contribution in [0.1, 0.15) is 17.3 Å². The number of nitrogens with zero attached hydrogens (tertiary/aromatic N) is 1. The molecule has 4 rings (SSSR count). The first-order valence-electron chi connectivity index (χ1n) is 10.1. The normalized spacial score (nSPS) is 10.6. The van der Waals surface area contributed by atoms with Crippen LogP contribution in [0, 0.1) is 0 Å². The molecule has 0 radical (unpaired) electrons. The van der Waals surface area contributed by atoms with E-state index >= 15 is 0 Å². The third-order valence-electron chi connectivity index (χ3n) is 4.70. The van der Waals surface area contributed by atoms with E-state index in [1.807, 2.05) is 0 Å². The van der Waals surface area contributed by atoms with Gasteiger partial charge in [0, 0.05) is 36.2 Å². The average molecular weight is 462 g/mol. The van der Waals surface area contributed by atoms with Crippen molar-refractivity contribution in [1.29, 1.82) is 0 Å². The lowest BCUT2D eigenvalue weighted by atomic mass is 10.1. The molecule has 0 bridgehead atoms. The van der Waals surface area contributed by atoms with Gasteiger partial charge in [-0.05, 0) is 37.3 Å². The maximum atomic E-state index is 12.6. The summed E-state index contributed by atoms with van der Waals surface area (Å²) in [5, 5.41) is 22.0. The van der Waals surface area contributed by atoms with E-state index in [0.29, 0.717) is 0 Å². The SMILES string of the molecule is CCOC(=O)Nc1cc(OC(=O)c2cccnc2)ccc1-c1cc(=O)c2cc(O)c(O)cc2o1. The summed E-state index contributed by atoms with van der Waals surface area (Å²) in [5.74, 6) is -1.42. The molecule has 0 saturated carbocycles. The summed E-state index contributed by atoms with van der Waals surface area (Å²) in [6.45, 7) is 1.75. The summed E-state index contributed by atoms with van der Waals surface area (Å²) in [6, 6.07) is 10.8. The minimum atomic E-state index is -0.773. The van der Waals surface area contributed by atoms with Crippen molar-refractivity contribution >= 4 is 28.7 Å². The topological polar surface area (TPSA) is 148 Å². The first-order valence-corrected chi connectivity index (χ1v) is 10.1. The Morgan fingerprint density at radius 2 is 1.88 bits per heavy atom. The Morgan fingerprint density at radius 3 is 2.62 bits per heavy atom. The standard InChI is InChI=1S/C24H18N2O8/c1-2-32-24(31)26-17-8-14(33-23(30)13-4-3-7-25-12-13)5-6-15(17)21-10-18(27)16-9-19(28)20(29)11-22(16)34-21/h3-12,28-29H,2H2,1H3,(H,26,31). The number of aromatic hydroxyl groups is 2. The van der Waals surface area contributed by atoms with Crippen molar-refractivity contribution in [3.8, 4) is 28.6 Å². The number of benzene rings is 2. The molecular formula is C24H18N2O8. The second kappa shape index (κ2) is 9.33. The van der Waals surface area contributed by atoms with Crippen LogP contribution in [0.3, 0.4) is 0 Å². The number of aromatic nitrogens is 1. The van der Waals surface area contributed by atoms with Crippen LogP contribution in [-0.4, -0.2) is 33.9 Å². The van der Waals surface area contributed by atoms with Gasteiger partial charge >= 0.3 is 12.1 Å². The van der Waals surface area contributed by atoms with Gasteiger partial charge in [0.25, 0.3) is 0 Å². The monoisotopic (exact) mass is 462 g/mol. The zero-order valence-corrected chi connectivity index (χ0v) is 17.8. The fourth-order valence-corrected chi connectivity index (χ4v) is 3.14. The largest absolute Gasteiger partial charge is 0.504 e. The van der Waals surface area contributed by atoms with Crippen molar-refractivity contribution in [2.75, 3.05) is 11.9 Å². The van der Waals surface area contributed by atoms with Gasteiger partial charge in [0.1, 0.15) is 17.1 Å². The Bertz CT molecular complexity index is 1450. The van der Waals surface area contributed by atoms with E-state index in [1.165, 1.54) is 36.7 Å². The Hall–Kier alpha value is -4.86. The number of phenols is 2. The Morgan fingerprint density at radius 1 is 1.09 bits per heavy atom. The predicted molar refractivity (Wildman–Crippen MR) is 121 cm³/mol. The van der Waals surface area contributed by atoms with Gasteiger partial charge in [-0.2, -0.15) is 0 Å². The van der Waals surface area contributed by atoms with Crippen LogP contribution < -0.4 is 15.5 Å². The molecule has 10 nitrogen and oxygen atoms in total. The van der Waals surface area contributed by atoms with Crippen LogP contribution in [0.25, 0.3) is 22.3 Å². The van der Waals surface area contributed by atoms with E-state index in [1.54, 1.807) is 19.1 Å². The summed E-state index contributed by atoms with van der Waals surface area (Å²) >= 11 is 0. The van der Waals surface area contributed by atoms with E-state index in [0.717, 1.165) is 12.1 Å². The van der Waals surface area contributed by atoms with Crippen LogP contribution >= 0.6 is 0 Å². The molecule has 4 aromatic rings. The Kier molecular flexibility index (Phi) is 6.13. The first-order chi connectivity index (χ1) is 16.4. The highest BCUT2D eigenvalue weighted by molar-refractivity contribution is 5.94. The summed E-state index contributed by atoms with van der Waals surface area (Å²) in [4.78, 5) is 41.0. The number of carbonyl (C=O) groups excluding carboxylic acids is 2. The van der Waals surface area contributed by atoms with Gasteiger partial charge < -0.3 is 24.1 Å². The van der Waals surface area contributed by atoms with Gasteiger partial charge in [0.2, 0.25) is 0 Å². The zero-order chi connectivity index (χ0) is 24.2. The molecular weight excluding hydrogens is 444 g/mol. The Labute approximate surface area is 192 Å². The molecule has 34 heavy (non-hydrogen) atoms. The lowest BCUT2D eigenvalue weighted by Gasteiger charge is -2.13. The van der Waals surface area contributed by atoms with Gasteiger partial charge in [0.15, 0.2) is 16.9 Å². The summed E-state index contributed by atoms with van der Waals surface area (Å²) in [5.41, 5.74) is 0.184. The third kappa shape index (κ3) is 4.65. The maximum Gasteiger partial charge on any atom is 0.411 e. The number of esters is 1. The van der Waals surface area contributed by atoms with Crippen LogP contribution in [-0.2, 0) is 4.74 Å². The number of pyridine rings is 1. The van der Waals surface area contributed by atoms with Crippen molar-refractivity contribution in [3.05, 3.63) is 76.7 Å². The molecule has 3 N–H and O–H groups in total. The molecule has 1 amide bonds. The highest BCUT2D eigenvalue weighted by atomic mass is 16.5. The van der Waals surface area contributed by atoms with E-state index in [9.17, 15) is 24.6 Å². The molecule has 0 fully saturated rings. The van der Waals surface area contributed by atoms with E-state index in [2.05, 4.69) is 10.3 Å². The second-order valence-electron chi connectivity index (χ2n) is 7.00. The van der Waals surface area contributed by atoms with Crippen LogP contribution in [0.2, 0.25) is 0 Å². The van der Waals surface area contributed by atoms with Crippen molar-refractivity contribution in [1.82, 2.24) is 4.98 Å². The van der Waals surface area contributed by atoms with E-state index in [4.69, 9.17) is 13.9 Å². The molecule has 0 aliphatic heterocycles. The third-order valence-corrected chi connectivity index (χ3v) is 4.70. The number of hydrogen-bond donors (Lipinski definition) is 3. The molecule has 172 valence electrons. The van der Waals surface area contributed by atoms with Crippen molar-refractivity contribution in [2.24, 2.45) is 0 Å². The predicted octanol–water partition coefficient (Wildman–Crippen LogP) is 4.05. The summed E-state index contributed by atoms with van der Waals surface area (Å²) < 4.78 is 16.1. The van der Waals surface area contributed by atoms with E-state index in [-0.39, 0.29) is 45.9 Å². The maximum absolute atomic E-state index is 12.6. The molecule has 2 aromatic carbocycles. The van der Waals surface area contributed by atoms with Gasteiger partial charge in [-0.3, -0.25) is 15.1 Å². The number of ether oxygens (including phenoxy) is 2. The molecule has 0 unspecified atom stereocenters. The smallest absolute Gasteiger partial charge is 0.411 e. The molecule has 0 saturated heterocycles. The molecule has 10 heteroatoms. The van der Waals surface area contributed by atoms with Gasteiger partial charge in [-0.25, -0.2) is 9.59 Å². The van der Waals surface area contributed by atoms with Crippen LogP contribution in [0.4, 0.5) is 10.5 Å². The van der Waals surface area contributed by atoms with Gasteiger partial charge in [0.05, 0.1) is 23.2 Å². The molecule has 2 heterocycles. The molecule has 0 aliphatic carbocycles. The lowest BCUT2D eigenvalue weighted by molar-refractivity contribution is 0.0734. The van der Waals surface area contributed by atoms with Gasteiger partial charge in [-0.15, -0.1) is 0 Å². The fraction of sp³-hybridized carbons (Fsp3) is 0.0833. The summed E-state index contributed by atoms with van der Waals surface area (Å²) in [7, 11) is 0. The van der Waals surface area contributed by atoms with Crippen LogP contribution in [0.5, 0.6) is 17.2 Å². The lowest BCUT2D eigenvalue weighted by Crippen LogP contribution is -2.15. The minimum absolute atomic E-state index is 0.0203. The number of carbonyl (C=O) groups is 2. The minimum Gasteiger partial charge on any atom is -0.504 e. The highest BCUT2D eigenvalue weighted by Crippen LogP contribution is 2.35. The first kappa shape index (κ1) is 22.3. The quantitative estimate of drug-likeness (QED) is 0.227. The summed E-state index contributed by atoms with van der Waals surface area (Å²) in [6.07, 6.45) is 2.10. The number of hydrogen-bond acceptors (Lipinski definition) is 9. The molecule has 0 spiro atoms. The molecule has 0 atom stereocenters.